The number of aryl methyl sites for hydroxylation is 1. The van der Waals surface area contributed by atoms with Crippen LogP contribution in [0.2, 0.25) is 0 Å². The molecule has 6 heteroatoms. The molecule has 1 rings (SSSR count). The number of anilines is 1. The second-order valence-corrected chi connectivity index (χ2v) is 7.04. The Balaban J connectivity index is 3.22. The Morgan fingerprint density at radius 2 is 1.95 bits per heavy atom. The van der Waals surface area contributed by atoms with E-state index in [4.69, 9.17) is 5.73 Å². The predicted octanol–water partition coefficient (Wildman–Crippen LogP) is 2.57. The number of nitrogen functional groups attached to an aromatic ring is 1. The van der Waals surface area contributed by atoms with E-state index in [1.54, 1.807) is 13.8 Å². The van der Waals surface area contributed by atoms with Crippen LogP contribution in [0.15, 0.2) is 17.0 Å². The van der Waals surface area contributed by atoms with Crippen molar-refractivity contribution in [2.75, 3.05) is 5.73 Å². The summed E-state index contributed by atoms with van der Waals surface area (Å²) < 4.78 is 41.0. The molecule has 0 radical (unpaired) electrons. The van der Waals surface area contributed by atoms with Crippen molar-refractivity contribution in [2.24, 2.45) is 0 Å². The molecular formula is C13H21FN2O2S. The lowest BCUT2D eigenvalue weighted by Crippen LogP contribution is -2.43. The zero-order valence-electron chi connectivity index (χ0n) is 11.7. The van der Waals surface area contributed by atoms with Crippen molar-refractivity contribution in [1.82, 2.24) is 4.72 Å². The molecule has 0 fully saturated rings. The Bertz CT molecular complexity index is 568. The molecular weight excluding hydrogens is 267 g/mol. The third-order valence-electron chi connectivity index (χ3n) is 2.82. The van der Waals surface area contributed by atoms with E-state index in [9.17, 15) is 12.8 Å². The fourth-order valence-electron chi connectivity index (χ4n) is 2.05. The van der Waals surface area contributed by atoms with Gasteiger partial charge in [-0.05, 0) is 44.9 Å². The van der Waals surface area contributed by atoms with Crippen molar-refractivity contribution in [1.29, 1.82) is 0 Å². The van der Waals surface area contributed by atoms with Gasteiger partial charge in [0.2, 0.25) is 10.0 Å². The minimum atomic E-state index is -3.92. The van der Waals surface area contributed by atoms with Gasteiger partial charge >= 0.3 is 0 Å². The summed E-state index contributed by atoms with van der Waals surface area (Å²) in [7, 11) is -3.92. The van der Waals surface area contributed by atoms with Crippen molar-refractivity contribution in [3.05, 3.63) is 23.5 Å². The zero-order chi connectivity index (χ0) is 14.8. The number of nitrogens with one attached hydrogen (secondary N) is 1. The van der Waals surface area contributed by atoms with Crippen LogP contribution in [0.3, 0.4) is 0 Å². The molecule has 0 aromatic heterocycles. The maximum absolute atomic E-state index is 14.0. The van der Waals surface area contributed by atoms with Gasteiger partial charge in [-0.15, -0.1) is 0 Å². The smallest absolute Gasteiger partial charge is 0.244 e. The summed E-state index contributed by atoms with van der Waals surface area (Å²) in [6.07, 6.45) is 1.49. The van der Waals surface area contributed by atoms with Gasteiger partial charge in [0.1, 0.15) is 10.7 Å². The van der Waals surface area contributed by atoms with Crippen LogP contribution in [0.4, 0.5) is 10.1 Å². The van der Waals surface area contributed by atoms with Crippen LogP contribution in [0, 0.1) is 12.7 Å². The van der Waals surface area contributed by atoms with Crippen molar-refractivity contribution >= 4 is 15.7 Å². The fraction of sp³-hybridized carbons (Fsp3) is 0.538. The minimum absolute atomic E-state index is 0.216. The van der Waals surface area contributed by atoms with Crippen LogP contribution in [-0.4, -0.2) is 14.0 Å². The van der Waals surface area contributed by atoms with Gasteiger partial charge in [-0.25, -0.2) is 17.5 Å². The summed E-state index contributed by atoms with van der Waals surface area (Å²) in [5, 5.41) is 0. The van der Waals surface area contributed by atoms with Crippen LogP contribution in [0.1, 0.15) is 39.2 Å². The molecule has 0 saturated heterocycles. The molecule has 0 bridgehead atoms. The average molecular weight is 288 g/mol. The molecule has 0 heterocycles. The van der Waals surface area contributed by atoms with Gasteiger partial charge in [0.15, 0.2) is 0 Å². The van der Waals surface area contributed by atoms with Crippen molar-refractivity contribution in [3.8, 4) is 0 Å². The number of rotatable bonds is 5. The van der Waals surface area contributed by atoms with E-state index in [1.807, 2.05) is 6.92 Å². The molecule has 1 aromatic carbocycles. The van der Waals surface area contributed by atoms with Gasteiger partial charge in [0.05, 0.1) is 0 Å². The van der Waals surface area contributed by atoms with Gasteiger partial charge in [0.25, 0.3) is 0 Å². The number of hydrogen-bond donors (Lipinski definition) is 2. The monoisotopic (exact) mass is 288 g/mol. The summed E-state index contributed by atoms with van der Waals surface area (Å²) in [5.74, 6) is -0.756. The molecule has 108 valence electrons. The van der Waals surface area contributed by atoms with Crippen molar-refractivity contribution < 1.29 is 12.8 Å². The Morgan fingerprint density at radius 1 is 1.37 bits per heavy atom. The summed E-state index contributed by atoms with van der Waals surface area (Å²) in [4.78, 5) is -0.394. The molecule has 0 atom stereocenters. The lowest BCUT2D eigenvalue weighted by molar-refractivity contribution is 0.416. The van der Waals surface area contributed by atoms with Crippen LogP contribution in [0.5, 0.6) is 0 Å². The molecule has 0 spiro atoms. The Labute approximate surface area is 114 Å². The van der Waals surface area contributed by atoms with E-state index in [-0.39, 0.29) is 11.3 Å². The topological polar surface area (TPSA) is 72.2 Å². The van der Waals surface area contributed by atoms with Gasteiger partial charge in [-0.2, -0.15) is 0 Å². The number of benzene rings is 1. The first kappa shape index (κ1) is 15.9. The highest BCUT2D eigenvalue weighted by Crippen LogP contribution is 2.23. The molecule has 0 aliphatic rings. The highest BCUT2D eigenvalue weighted by atomic mass is 32.2. The van der Waals surface area contributed by atoms with E-state index < -0.39 is 26.3 Å². The SMILES string of the molecule is CCCC(C)(C)NS(=O)(=O)c1cc(N)cc(C)c1F. The molecule has 0 unspecified atom stereocenters. The van der Waals surface area contributed by atoms with E-state index >= 15 is 0 Å². The first-order valence-electron chi connectivity index (χ1n) is 6.18. The van der Waals surface area contributed by atoms with Crippen LogP contribution in [0.25, 0.3) is 0 Å². The van der Waals surface area contributed by atoms with E-state index in [2.05, 4.69) is 4.72 Å². The van der Waals surface area contributed by atoms with E-state index in [1.165, 1.54) is 13.0 Å². The van der Waals surface area contributed by atoms with Gasteiger partial charge < -0.3 is 5.73 Å². The molecule has 0 amide bonds. The molecule has 1 aromatic rings. The number of hydrogen-bond acceptors (Lipinski definition) is 3. The lowest BCUT2D eigenvalue weighted by atomic mass is 10.0. The average Bonchev–Trinajstić information content (AvgIpc) is 2.21. The molecule has 3 N–H and O–H groups in total. The number of sulfonamides is 1. The van der Waals surface area contributed by atoms with Gasteiger partial charge in [0, 0.05) is 11.2 Å². The molecule has 0 aliphatic carbocycles. The van der Waals surface area contributed by atoms with Crippen molar-refractivity contribution in [2.45, 2.75) is 51.0 Å². The van der Waals surface area contributed by atoms with E-state index in [0.29, 0.717) is 6.42 Å². The van der Waals surface area contributed by atoms with Crippen LogP contribution in [-0.2, 0) is 10.0 Å². The molecule has 19 heavy (non-hydrogen) atoms. The van der Waals surface area contributed by atoms with Crippen LogP contribution < -0.4 is 10.5 Å². The quantitative estimate of drug-likeness (QED) is 0.818. The van der Waals surface area contributed by atoms with Crippen molar-refractivity contribution in [3.63, 3.8) is 0 Å². The molecule has 4 nitrogen and oxygen atoms in total. The Kier molecular flexibility index (Phi) is 4.58. The minimum Gasteiger partial charge on any atom is -0.399 e. The highest BCUT2D eigenvalue weighted by molar-refractivity contribution is 7.89. The summed E-state index contributed by atoms with van der Waals surface area (Å²) in [6, 6.07) is 2.55. The standard InChI is InChI=1S/C13H21FN2O2S/c1-5-6-13(3,4)16-19(17,18)11-8-10(15)7-9(2)12(11)14/h7-8,16H,5-6,15H2,1-4H3. The van der Waals surface area contributed by atoms with Gasteiger partial charge in [-0.3, -0.25) is 0 Å². The summed E-state index contributed by atoms with van der Waals surface area (Å²) >= 11 is 0. The lowest BCUT2D eigenvalue weighted by Gasteiger charge is -2.25. The maximum atomic E-state index is 14.0. The number of halogens is 1. The predicted molar refractivity (Wildman–Crippen MR) is 74.9 cm³/mol. The second-order valence-electron chi connectivity index (χ2n) is 5.39. The van der Waals surface area contributed by atoms with Crippen LogP contribution >= 0.6 is 0 Å². The zero-order valence-corrected chi connectivity index (χ0v) is 12.6. The Hall–Kier alpha value is -1.14. The Morgan fingerprint density at radius 3 is 2.47 bits per heavy atom. The maximum Gasteiger partial charge on any atom is 0.244 e. The summed E-state index contributed by atoms with van der Waals surface area (Å²) in [6.45, 7) is 6.99. The third kappa shape index (κ3) is 3.91. The number of nitrogens with two attached hydrogens (primary N) is 1. The summed E-state index contributed by atoms with van der Waals surface area (Å²) in [5.41, 5.74) is 5.41. The third-order valence-corrected chi connectivity index (χ3v) is 4.52. The largest absolute Gasteiger partial charge is 0.399 e. The molecule has 0 aliphatic heterocycles. The fourth-order valence-corrected chi connectivity index (χ4v) is 3.68. The first-order valence-corrected chi connectivity index (χ1v) is 7.67. The molecule has 0 saturated carbocycles. The highest BCUT2D eigenvalue weighted by Gasteiger charge is 2.28. The second kappa shape index (κ2) is 5.46. The normalized spacial score (nSPS) is 12.7. The van der Waals surface area contributed by atoms with E-state index in [0.717, 1.165) is 12.5 Å². The first-order chi connectivity index (χ1) is 8.59. The van der Waals surface area contributed by atoms with Gasteiger partial charge in [-0.1, -0.05) is 13.3 Å².